The number of benzene rings is 2. The van der Waals surface area contributed by atoms with E-state index in [1.165, 1.54) is 6.07 Å². The summed E-state index contributed by atoms with van der Waals surface area (Å²) < 4.78 is 18.1. The van der Waals surface area contributed by atoms with Gasteiger partial charge < -0.3 is 9.88 Å². The van der Waals surface area contributed by atoms with Gasteiger partial charge in [0.2, 0.25) is 0 Å². The topological polar surface area (TPSA) is 88.3 Å². The summed E-state index contributed by atoms with van der Waals surface area (Å²) in [7, 11) is 0. The van der Waals surface area contributed by atoms with Gasteiger partial charge in [-0.25, -0.2) is 18.7 Å². The minimum atomic E-state index is -0.400. The Morgan fingerprint density at radius 1 is 1.03 bits per heavy atom. The minimum absolute atomic E-state index is 0.00803. The van der Waals surface area contributed by atoms with Crippen LogP contribution in [0.2, 0.25) is 0 Å². The van der Waals surface area contributed by atoms with Crippen LogP contribution in [-0.4, -0.2) is 48.0 Å². The second kappa shape index (κ2) is 8.93. The minimum Gasteiger partial charge on any atom is -0.337 e. The van der Waals surface area contributed by atoms with E-state index in [0.29, 0.717) is 48.5 Å². The van der Waals surface area contributed by atoms with E-state index in [4.69, 9.17) is 5.10 Å². The van der Waals surface area contributed by atoms with Gasteiger partial charge in [-0.15, -0.1) is 0 Å². The van der Waals surface area contributed by atoms with Crippen LogP contribution in [0, 0.1) is 5.82 Å². The van der Waals surface area contributed by atoms with E-state index >= 15 is 0 Å². The Morgan fingerprint density at radius 3 is 2.47 bits per heavy atom. The number of carbonyl (C=O) groups is 1. The van der Waals surface area contributed by atoms with Crippen molar-refractivity contribution >= 4 is 22.6 Å². The van der Waals surface area contributed by atoms with Gasteiger partial charge >= 0.3 is 5.69 Å². The first-order valence-electron chi connectivity index (χ1n) is 12.9. The summed E-state index contributed by atoms with van der Waals surface area (Å²) in [5.74, 6) is -0.591. The van der Waals surface area contributed by atoms with E-state index in [1.807, 2.05) is 51.1 Å². The molecule has 4 heterocycles. The van der Waals surface area contributed by atoms with E-state index in [-0.39, 0.29) is 23.1 Å². The predicted molar refractivity (Wildman–Crippen MR) is 144 cm³/mol. The van der Waals surface area contributed by atoms with Crippen LogP contribution in [0.15, 0.2) is 65.5 Å². The van der Waals surface area contributed by atoms with E-state index in [0.717, 1.165) is 16.7 Å². The Balaban J connectivity index is 1.35. The first-order chi connectivity index (χ1) is 18.2. The number of aromatic nitrogens is 5. The summed E-state index contributed by atoms with van der Waals surface area (Å²) in [5, 5.41) is 4.72. The summed E-state index contributed by atoms with van der Waals surface area (Å²) in [6, 6.07) is 17.6. The molecule has 1 fully saturated rings. The van der Waals surface area contributed by atoms with E-state index in [9.17, 15) is 14.0 Å². The number of halogens is 1. The van der Waals surface area contributed by atoms with E-state index in [2.05, 4.69) is 9.97 Å². The Hall–Kier alpha value is -4.27. The Kier molecular flexibility index (Phi) is 5.66. The van der Waals surface area contributed by atoms with Crippen LogP contribution in [0.3, 0.4) is 0 Å². The van der Waals surface area contributed by atoms with Gasteiger partial charge in [-0.05, 0) is 43.2 Å². The lowest BCUT2D eigenvalue weighted by Gasteiger charge is -2.32. The van der Waals surface area contributed by atoms with Gasteiger partial charge in [0.05, 0.1) is 22.4 Å². The molecule has 1 aliphatic rings. The molecule has 8 nitrogen and oxygen atoms in total. The highest BCUT2D eigenvalue weighted by atomic mass is 19.1. The fourth-order valence-corrected chi connectivity index (χ4v) is 5.23. The monoisotopic (exact) mass is 512 g/mol. The first kappa shape index (κ1) is 24.1. The lowest BCUT2D eigenvalue weighted by Crippen LogP contribution is -2.41. The van der Waals surface area contributed by atoms with Gasteiger partial charge in [-0.2, -0.15) is 5.10 Å². The average Bonchev–Trinajstić information content (AvgIpc) is 3.49. The van der Waals surface area contributed by atoms with Crippen molar-refractivity contribution in [2.45, 2.75) is 45.1 Å². The molecular formula is C29H29FN6O2. The summed E-state index contributed by atoms with van der Waals surface area (Å²) in [6.45, 7) is 7.12. The van der Waals surface area contributed by atoms with Gasteiger partial charge in [0.15, 0.2) is 5.65 Å². The maximum Gasteiger partial charge on any atom is 0.326 e. The molecule has 1 N–H and O–H groups in total. The van der Waals surface area contributed by atoms with Crippen LogP contribution < -0.4 is 5.69 Å². The fraction of sp³-hybridized carbons (Fsp3) is 0.310. The summed E-state index contributed by atoms with van der Waals surface area (Å²) in [6.07, 6.45) is 1.29. The van der Waals surface area contributed by atoms with Gasteiger partial charge in [0.25, 0.3) is 5.91 Å². The number of nitrogens with zero attached hydrogens (tertiary/aromatic N) is 5. The number of imidazole rings is 1. The zero-order chi connectivity index (χ0) is 26.6. The highest BCUT2D eigenvalue weighted by Gasteiger charge is 2.29. The van der Waals surface area contributed by atoms with Crippen molar-refractivity contribution in [3.63, 3.8) is 0 Å². The molecule has 9 heteroatoms. The van der Waals surface area contributed by atoms with Crippen LogP contribution in [0.1, 0.15) is 55.8 Å². The van der Waals surface area contributed by atoms with Crippen LogP contribution in [0.4, 0.5) is 4.39 Å². The third kappa shape index (κ3) is 4.08. The molecule has 0 radical (unpaired) electrons. The highest BCUT2D eigenvalue weighted by Crippen LogP contribution is 2.29. The summed E-state index contributed by atoms with van der Waals surface area (Å²) in [4.78, 5) is 35.9. The third-order valence-corrected chi connectivity index (χ3v) is 7.31. The lowest BCUT2D eigenvalue weighted by atomic mass is 9.93. The van der Waals surface area contributed by atoms with Crippen LogP contribution in [0.25, 0.3) is 27.9 Å². The number of H-pyrrole nitrogens is 1. The molecular weight excluding hydrogens is 483 g/mol. The number of rotatable bonds is 3. The normalized spacial score (nSPS) is 15.0. The zero-order valence-corrected chi connectivity index (χ0v) is 21.6. The van der Waals surface area contributed by atoms with Crippen LogP contribution in [0.5, 0.6) is 0 Å². The van der Waals surface area contributed by atoms with Crippen molar-refractivity contribution in [2.24, 2.45) is 0 Å². The van der Waals surface area contributed by atoms with Gasteiger partial charge in [-0.3, -0.25) is 9.36 Å². The largest absolute Gasteiger partial charge is 0.337 e. The second-order valence-electron chi connectivity index (χ2n) is 10.9. The van der Waals surface area contributed by atoms with Gasteiger partial charge in [0.1, 0.15) is 11.5 Å². The smallest absolute Gasteiger partial charge is 0.326 e. The molecule has 0 bridgehead atoms. The number of aromatic amines is 1. The maximum atomic E-state index is 14.7. The van der Waals surface area contributed by atoms with Crippen LogP contribution in [-0.2, 0) is 5.41 Å². The van der Waals surface area contributed by atoms with Crippen molar-refractivity contribution < 1.29 is 9.18 Å². The summed E-state index contributed by atoms with van der Waals surface area (Å²) in [5.41, 5.74) is 3.65. The number of piperidine rings is 1. The third-order valence-electron chi connectivity index (χ3n) is 7.31. The molecule has 0 saturated carbocycles. The van der Waals surface area contributed by atoms with E-state index in [1.54, 1.807) is 38.2 Å². The molecule has 1 aliphatic heterocycles. The molecule has 0 unspecified atom stereocenters. The van der Waals surface area contributed by atoms with E-state index < -0.39 is 5.82 Å². The second-order valence-corrected chi connectivity index (χ2v) is 10.9. The zero-order valence-electron chi connectivity index (χ0n) is 21.6. The number of hydrogen-bond donors (Lipinski definition) is 1. The highest BCUT2D eigenvalue weighted by molar-refractivity contribution is 5.94. The molecule has 2 aromatic carbocycles. The van der Waals surface area contributed by atoms with Crippen molar-refractivity contribution in [3.8, 4) is 11.3 Å². The average molecular weight is 513 g/mol. The number of para-hydroxylation sites is 2. The van der Waals surface area contributed by atoms with Crippen LogP contribution >= 0.6 is 0 Å². The Labute approximate surface area is 218 Å². The Morgan fingerprint density at radius 2 is 1.74 bits per heavy atom. The first-order valence-corrected chi connectivity index (χ1v) is 12.9. The molecule has 5 aromatic rings. The number of amides is 1. The van der Waals surface area contributed by atoms with Gasteiger partial charge in [0, 0.05) is 36.2 Å². The Bertz CT molecular complexity index is 1730. The standard InChI is InChI=1S/C29H29FN6O2/c1-29(2,3)25-17-26-31-22(19-8-4-5-9-20(19)30)16-24(36(26)33-25)27(37)34-14-12-18(13-15-34)35-23-11-7-6-10-21(23)32-28(35)38/h4-11,16-18H,12-15H2,1-3H3,(H,32,38). The predicted octanol–water partition coefficient (Wildman–Crippen LogP) is 4.95. The molecule has 0 atom stereocenters. The van der Waals surface area contributed by atoms with Crippen molar-refractivity contribution in [1.82, 2.24) is 29.0 Å². The molecule has 0 spiro atoms. The van der Waals surface area contributed by atoms with Crippen molar-refractivity contribution in [1.29, 1.82) is 0 Å². The maximum absolute atomic E-state index is 14.7. The van der Waals surface area contributed by atoms with Crippen molar-refractivity contribution in [2.75, 3.05) is 13.1 Å². The molecule has 1 amide bonds. The number of nitrogens with one attached hydrogen (secondary N) is 1. The van der Waals surface area contributed by atoms with Gasteiger partial charge in [-0.1, -0.05) is 45.0 Å². The lowest BCUT2D eigenvalue weighted by molar-refractivity contribution is 0.0686. The number of fused-ring (bicyclic) bond motifs is 2. The quantitative estimate of drug-likeness (QED) is 0.370. The molecule has 38 heavy (non-hydrogen) atoms. The fourth-order valence-electron chi connectivity index (χ4n) is 5.23. The summed E-state index contributed by atoms with van der Waals surface area (Å²) >= 11 is 0. The molecule has 3 aromatic heterocycles. The molecule has 194 valence electrons. The number of likely N-dealkylation sites (tertiary alicyclic amines) is 1. The SMILES string of the molecule is CC(C)(C)c1cc2nc(-c3ccccc3F)cc(C(=O)N3CCC(n4c(=O)[nH]c5ccccc54)CC3)n2n1. The molecule has 6 rings (SSSR count). The number of hydrogen-bond acceptors (Lipinski definition) is 4. The van der Waals surface area contributed by atoms with Crippen molar-refractivity contribution in [3.05, 3.63) is 88.4 Å². The number of carbonyl (C=O) groups excluding carboxylic acids is 1. The molecule has 1 saturated heterocycles. The molecule has 0 aliphatic carbocycles.